The lowest BCUT2D eigenvalue weighted by atomic mass is 9.95. The normalized spacial score (nSPS) is 17.0. The van der Waals surface area contributed by atoms with Crippen LogP contribution in [0.5, 0.6) is 0 Å². The number of nitrogen functional groups attached to an aromatic ring is 1. The molecule has 1 aromatic carbocycles. The van der Waals surface area contributed by atoms with Crippen LogP contribution in [0, 0.1) is 12.7 Å². The molecule has 9 nitrogen and oxygen atoms in total. The zero-order valence-electron chi connectivity index (χ0n) is 21.2. The fraction of sp³-hybridized carbons (Fsp3) is 0.481. The maximum absolute atomic E-state index is 13.9. The fourth-order valence-corrected chi connectivity index (χ4v) is 5.58. The minimum Gasteiger partial charge on any atom is -0.477 e. The van der Waals surface area contributed by atoms with Crippen molar-refractivity contribution in [1.29, 1.82) is 0 Å². The van der Waals surface area contributed by atoms with Crippen molar-refractivity contribution >= 4 is 17.6 Å². The van der Waals surface area contributed by atoms with E-state index in [1.165, 1.54) is 38.1 Å². The van der Waals surface area contributed by atoms with E-state index in [0.29, 0.717) is 30.5 Å². The highest BCUT2D eigenvalue weighted by atomic mass is 19.1. The van der Waals surface area contributed by atoms with Crippen LogP contribution in [0.3, 0.4) is 0 Å². The highest BCUT2D eigenvalue weighted by Crippen LogP contribution is 2.33. The van der Waals surface area contributed by atoms with Crippen molar-refractivity contribution < 1.29 is 14.3 Å². The van der Waals surface area contributed by atoms with E-state index in [4.69, 9.17) is 10.7 Å². The summed E-state index contributed by atoms with van der Waals surface area (Å²) < 4.78 is 16.1. The van der Waals surface area contributed by atoms with E-state index in [1.807, 2.05) is 11.0 Å². The summed E-state index contributed by atoms with van der Waals surface area (Å²) in [5.41, 5.74) is 8.14. The number of aromatic nitrogens is 4. The van der Waals surface area contributed by atoms with Crippen LogP contribution in [0.25, 0.3) is 11.3 Å². The molecular weight excluding hydrogens is 473 g/mol. The number of hydrogen-bond donors (Lipinski definition) is 3. The summed E-state index contributed by atoms with van der Waals surface area (Å²) in [6, 6.07) is 5.72. The number of rotatable bonds is 8. The first kappa shape index (κ1) is 25.1. The van der Waals surface area contributed by atoms with Crippen LogP contribution in [-0.4, -0.2) is 56.3 Å². The second kappa shape index (κ2) is 10.8. The van der Waals surface area contributed by atoms with Gasteiger partial charge in [-0.3, -0.25) is 0 Å². The summed E-state index contributed by atoms with van der Waals surface area (Å²) >= 11 is 0. The SMILES string of the molecule is Cc1cc(-c2cn(CCNC3CCCC3)c(C3CCN(c4ncnc(N)c4C(=O)O)CC3)n2)ccc1F. The van der Waals surface area contributed by atoms with Crippen molar-refractivity contribution in [3.05, 3.63) is 53.5 Å². The summed E-state index contributed by atoms with van der Waals surface area (Å²) in [4.78, 5) is 26.8. The van der Waals surface area contributed by atoms with Gasteiger partial charge in [0.25, 0.3) is 0 Å². The average Bonchev–Trinajstić information content (AvgIpc) is 3.56. The summed E-state index contributed by atoms with van der Waals surface area (Å²) in [5, 5.41) is 13.3. The highest BCUT2D eigenvalue weighted by molar-refractivity contribution is 5.98. The van der Waals surface area contributed by atoms with Gasteiger partial charge in [-0.1, -0.05) is 12.8 Å². The monoisotopic (exact) mass is 507 g/mol. The van der Waals surface area contributed by atoms with Gasteiger partial charge in [-0.25, -0.2) is 24.1 Å². The number of carbonyl (C=O) groups is 1. The average molecular weight is 508 g/mol. The second-order valence-electron chi connectivity index (χ2n) is 10.1. The summed E-state index contributed by atoms with van der Waals surface area (Å²) in [7, 11) is 0. The van der Waals surface area contributed by atoms with Crippen molar-refractivity contribution in [3.8, 4) is 11.3 Å². The molecular formula is C27H34FN7O2. The van der Waals surface area contributed by atoms with E-state index >= 15 is 0 Å². The zero-order valence-corrected chi connectivity index (χ0v) is 21.2. The van der Waals surface area contributed by atoms with E-state index in [0.717, 1.165) is 43.0 Å². The Morgan fingerprint density at radius 3 is 2.65 bits per heavy atom. The summed E-state index contributed by atoms with van der Waals surface area (Å²) in [6.45, 7) is 4.73. The Hall–Kier alpha value is -3.53. The van der Waals surface area contributed by atoms with Crippen LogP contribution < -0.4 is 16.0 Å². The number of benzene rings is 1. The molecule has 3 aromatic rings. The molecule has 2 fully saturated rings. The Morgan fingerprint density at radius 1 is 1.19 bits per heavy atom. The Balaban J connectivity index is 1.35. The number of nitrogens with zero attached hydrogens (tertiary/aromatic N) is 5. The Labute approximate surface area is 215 Å². The molecule has 1 aliphatic heterocycles. The van der Waals surface area contributed by atoms with Crippen LogP contribution in [0.15, 0.2) is 30.7 Å². The lowest BCUT2D eigenvalue weighted by molar-refractivity contribution is 0.0698. The number of aromatic carboxylic acids is 1. The predicted octanol–water partition coefficient (Wildman–Crippen LogP) is 3.98. The standard InChI is InChI=1S/C27H34FN7O2/c1-17-14-19(6-7-21(17)28)22-15-35(13-10-30-20-4-2-3-5-20)25(33-22)18-8-11-34(12-9-18)26-23(27(36)37)24(29)31-16-32-26/h6-7,14-16,18,20,30H,2-5,8-13H2,1H3,(H,36,37)(H2,29,31,32). The third kappa shape index (κ3) is 5.44. The molecule has 1 aliphatic carbocycles. The number of nitrogens with two attached hydrogens (primary N) is 1. The molecule has 5 rings (SSSR count). The molecule has 0 unspecified atom stereocenters. The summed E-state index contributed by atoms with van der Waals surface area (Å²) in [6.07, 6.45) is 10.1. The van der Waals surface area contributed by atoms with Gasteiger partial charge in [0.1, 0.15) is 35.2 Å². The number of carboxylic acids is 1. The third-order valence-electron chi connectivity index (χ3n) is 7.63. The highest BCUT2D eigenvalue weighted by Gasteiger charge is 2.29. The molecule has 1 saturated carbocycles. The van der Waals surface area contributed by atoms with Crippen molar-refractivity contribution in [2.45, 2.75) is 64.0 Å². The predicted molar refractivity (Wildman–Crippen MR) is 140 cm³/mol. The van der Waals surface area contributed by atoms with Gasteiger partial charge >= 0.3 is 5.97 Å². The number of piperidine rings is 1. The molecule has 10 heteroatoms. The Morgan fingerprint density at radius 2 is 1.95 bits per heavy atom. The first-order valence-corrected chi connectivity index (χ1v) is 13.1. The van der Waals surface area contributed by atoms with Gasteiger partial charge in [0.05, 0.1) is 5.69 Å². The lowest BCUT2D eigenvalue weighted by Crippen LogP contribution is -2.36. The number of halogens is 1. The van der Waals surface area contributed by atoms with Gasteiger partial charge in [0, 0.05) is 49.9 Å². The van der Waals surface area contributed by atoms with Crippen molar-refractivity contribution in [1.82, 2.24) is 24.8 Å². The molecule has 3 heterocycles. The number of carboxylic acid groups (broad SMARTS) is 1. The van der Waals surface area contributed by atoms with Crippen LogP contribution in [0.2, 0.25) is 0 Å². The zero-order chi connectivity index (χ0) is 25.9. The molecule has 196 valence electrons. The molecule has 0 atom stereocenters. The Bertz CT molecular complexity index is 1260. The number of aryl methyl sites for hydroxylation is 1. The first-order valence-electron chi connectivity index (χ1n) is 13.1. The number of hydrogen-bond acceptors (Lipinski definition) is 7. The molecule has 2 aromatic heterocycles. The van der Waals surface area contributed by atoms with E-state index in [9.17, 15) is 14.3 Å². The number of imidazole rings is 1. The third-order valence-corrected chi connectivity index (χ3v) is 7.63. The van der Waals surface area contributed by atoms with Gasteiger partial charge in [0.2, 0.25) is 0 Å². The van der Waals surface area contributed by atoms with Crippen molar-refractivity contribution in [2.75, 3.05) is 30.3 Å². The van der Waals surface area contributed by atoms with Gasteiger partial charge < -0.3 is 25.6 Å². The molecule has 0 bridgehead atoms. The Kier molecular flexibility index (Phi) is 7.36. The molecule has 37 heavy (non-hydrogen) atoms. The minimum atomic E-state index is -1.13. The maximum atomic E-state index is 13.9. The van der Waals surface area contributed by atoms with Crippen LogP contribution >= 0.6 is 0 Å². The molecule has 1 saturated heterocycles. The van der Waals surface area contributed by atoms with Gasteiger partial charge in [-0.15, -0.1) is 0 Å². The molecule has 0 radical (unpaired) electrons. The second-order valence-corrected chi connectivity index (χ2v) is 10.1. The minimum absolute atomic E-state index is 0.0239. The van der Waals surface area contributed by atoms with Crippen LogP contribution in [-0.2, 0) is 6.54 Å². The molecule has 4 N–H and O–H groups in total. The number of nitrogens with one attached hydrogen (secondary N) is 1. The molecule has 0 amide bonds. The summed E-state index contributed by atoms with van der Waals surface area (Å²) in [5.74, 6) is 0.229. The van der Waals surface area contributed by atoms with E-state index in [2.05, 4.69) is 26.0 Å². The fourth-order valence-electron chi connectivity index (χ4n) is 5.58. The van der Waals surface area contributed by atoms with Crippen molar-refractivity contribution in [2.24, 2.45) is 0 Å². The molecule has 0 spiro atoms. The smallest absolute Gasteiger partial charge is 0.343 e. The van der Waals surface area contributed by atoms with Gasteiger partial charge in [-0.2, -0.15) is 0 Å². The van der Waals surface area contributed by atoms with Gasteiger partial charge in [-0.05, 0) is 56.4 Å². The topological polar surface area (TPSA) is 122 Å². The van der Waals surface area contributed by atoms with Crippen molar-refractivity contribution in [3.63, 3.8) is 0 Å². The van der Waals surface area contributed by atoms with E-state index in [-0.39, 0.29) is 23.1 Å². The maximum Gasteiger partial charge on any atom is 0.343 e. The van der Waals surface area contributed by atoms with E-state index in [1.54, 1.807) is 13.0 Å². The molecule has 2 aliphatic rings. The van der Waals surface area contributed by atoms with Crippen LogP contribution in [0.1, 0.15) is 66.2 Å². The largest absolute Gasteiger partial charge is 0.477 e. The quantitative estimate of drug-likeness (QED) is 0.418. The van der Waals surface area contributed by atoms with Crippen LogP contribution in [0.4, 0.5) is 16.0 Å². The number of anilines is 2. The van der Waals surface area contributed by atoms with E-state index < -0.39 is 5.97 Å². The lowest BCUT2D eigenvalue weighted by Gasteiger charge is -2.33. The van der Waals surface area contributed by atoms with Gasteiger partial charge in [0.15, 0.2) is 0 Å². The first-order chi connectivity index (χ1) is 17.9.